The van der Waals surface area contributed by atoms with Gasteiger partial charge >= 0.3 is 0 Å². The first-order valence-electron chi connectivity index (χ1n) is 8.30. The van der Waals surface area contributed by atoms with E-state index in [9.17, 15) is 4.79 Å². The first kappa shape index (κ1) is 16.5. The second kappa shape index (κ2) is 6.63. The molecule has 2 fully saturated rings. The summed E-state index contributed by atoms with van der Waals surface area (Å²) in [7, 11) is 6.02. The van der Waals surface area contributed by atoms with Crippen LogP contribution < -0.4 is 0 Å². The van der Waals surface area contributed by atoms with Gasteiger partial charge in [0.2, 0.25) is 0 Å². The second-order valence-corrected chi connectivity index (χ2v) is 7.01. The fraction of sp³-hybridized carbons (Fsp3) is 0.706. The molecule has 0 aliphatic carbocycles. The largest absolute Gasteiger partial charge is 0.377 e. The van der Waals surface area contributed by atoms with Gasteiger partial charge in [0, 0.05) is 26.3 Å². The number of hydrogen-bond acceptors (Lipinski definition) is 4. The number of amides is 1. The molecule has 2 atom stereocenters. The minimum Gasteiger partial charge on any atom is -0.377 e. The summed E-state index contributed by atoms with van der Waals surface area (Å²) in [5.41, 5.74) is 0.364. The Bertz CT molecular complexity index is 557. The predicted molar refractivity (Wildman–Crippen MR) is 87.5 cm³/mol. The highest BCUT2D eigenvalue weighted by Crippen LogP contribution is 2.33. The third-order valence-electron chi connectivity index (χ3n) is 4.71. The van der Waals surface area contributed by atoms with Gasteiger partial charge in [-0.15, -0.1) is 0 Å². The zero-order chi connectivity index (χ0) is 16.4. The normalized spacial score (nSPS) is 28.5. The smallest absolute Gasteiger partial charge is 0.270 e. The maximum atomic E-state index is 12.8. The molecule has 0 aromatic carbocycles. The van der Waals surface area contributed by atoms with Gasteiger partial charge in [0.15, 0.2) is 0 Å². The molecule has 0 saturated carbocycles. The maximum absolute atomic E-state index is 12.8. The van der Waals surface area contributed by atoms with Gasteiger partial charge in [-0.2, -0.15) is 0 Å². The first-order chi connectivity index (χ1) is 11.0. The summed E-state index contributed by atoms with van der Waals surface area (Å²) in [4.78, 5) is 16.9. The number of nitrogens with zero attached hydrogens (tertiary/aromatic N) is 3. The fourth-order valence-electron chi connectivity index (χ4n) is 3.58. The summed E-state index contributed by atoms with van der Waals surface area (Å²) in [6.07, 6.45) is 4.09. The Labute approximate surface area is 137 Å². The number of carbonyl (C=O) groups is 1. The minimum atomic E-state index is -0.349. The average molecular weight is 321 g/mol. The van der Waals surface area contributed by atoms with Crippen molar-refractivity contribution in [2.75, 3.05) is 46.9 Å². The van der Waals surface area contributed by atoms with E-state index >= 15 is 0 Å². The Hall–Kier alpha value is -1.37. The van der Waals surface area contributed by atoms with Crippen LogP contribution in [0, 0.1) is 0 Å². The van der Waals surface area contributed by atoms with Gasteiger partial charge in [-0.1, -0.05) is 0 Å². The van der Waals surface area contributed by atoms with E-state index in [1.165, 1.54) is 0 Å². The number of aromatic nitrogens is 1. The molecule has 23 heavy (non-hydrogen) atoms. The molecule has 0 radical (unpaired) electrons. The summed E-state index contributed by atoms with van der Waals surface area (Å²) in [6.45, 7) is 3.29. The highest BCUT2D eigenvalue weighted by Gasteiger charge is 2.44. The minimum absolute atomic E-state index is 0.0574. The summed E-state index contributed by atoms with van der Waals surface area (Å²) in [6, 6.07) is 3.77. The SMILES string of the molecule is CN(C)CC1CCC2(COCCN(C(=O)c3cccn3C)C2)O1. The molecule has 0 N–H and O–H groups in total. The van der Waals surface area contributed by atoms with Crippen molar-refractivity contribution < 1.29 is 14.3 Å². The van der Waals surface area contributed by atoms with Gasteiger partial charge in [-0.3, -0.25) is 4.79 Å². The van der Waals surface area contributed by atoms with E-state index in [1.807, 2.05) is 34.8 Å². The van der Waals surface area contributed by atoms with E-state index in [4.69, 9.17) is 9.47 Å². The third-order valence-corrected chi connectivity index (χ3v) is 4.71. The van der Waals surface area contributed by atoms with Crippen LogP contribution >= 0.6 is 0 Å². The maximum Gasteiger partial charge on any atom is 0.270 e. The summed E-state index contributed by atoms with van der Waals surface area (Å²) in [5, 5.41) is 0. The van der Waals surface area contributed by atoms with Crippen molar-refractivity contribution in [1.82, 2.24) is 14.4 Å². The molecule has 3 rings (SSSR count). The molecular weight excluding hydrogens is 294 g/mol. The quantitative estimate of drug-likeness (QED) is 0.832. The predicted octanol–water partition coefficient (Wildman–Crippen LogP) is 0.977. The van der Waals surface area contributed by atoms with Crippen molar-refractivity contribution in [2.45, 2.75) is 24.5 Å². The average Bonchev–Trinajstić information content (AvgIpc) is 3.01. The lowest BCUT2D eigenvalue weighted by Crippen LogP contribution is -2.47. The summed E-state index contributed by atoms with van der Waals surface area (Å²) >= 11 is 0. The third kappa shape index (κ3) is 3.59. The highest BCUT2D eigenvalue weighted by molar-refractivity contribution is 5.92. The Morgan fingerprint density at radius 1 is 1.48 bits per heavy atom. The molecule has 2 aliphatic heterocycles. The lowest BCUT2D eigenvalue weighted by atomic mass is 10.00. The summed E-state index contributed by atoms with van der Waals surface area (Å²) < 4.78 is 14.0. The Balaban J connectivity index is 1.72. The molecule has 6 nitrogen and oxygen atoms in total. The number of carbonyl (C=O) groups excluding carboxylic acids is 1. The van der Waals surface area contributed by atoms with Gasteiger partial charge in [0.1, 0.15) is 11.3 Å². The van der Waals surface area contributed by atoms with Crippen LogP contribution in [0.4, 0.5) is 0 Å². The van der Waals surface area contributed by atoms with Crippen LogP contribution in [0.5, 0.6) is 0 Å². The van der Waals surface area contributed by atoms with E-state index < -0.39 is 0 Å². The number of ether oxygens (including phenoxy) is 2. The number of hydrogen-bond donors (Lipinski definition) is 0. The second-order valence-electron chi connectivity index (χ2n) is 7.01. The number of likely N-dealkylation sites (N-methyl/N-ethyl adjacent to an activating group) is 1. The molecule has 3 heterocycles. The van der Waals surface area contributed by atoms with Crippen LogP contribution in [0.3, 0.4) is 0 Å². The Morgan fingerprint density at radius 3 is 3.00 bits per heavy atom. The lowest BCUT2D eigenvalue weighted by Gasteiger charge is -2.32. The molecule has 1 spiro atoms. The van der Waals surface area contributed by atoms with Gasteiger partial charge in [-0.05, 0) is 39.1 Å². The van der Waals surface area contributed by atoms with E-state index in [-0.39, 0.29) is 17.6 Å². The van der Waals surface area contributed by atoms with Crippen molar-refractivity contribution >= 4 is 5.91 Å². The Morgan fingerprint density at radius 2 is 2.30 bits per heavy atom. The summed E-state index contributed by atoms with van der Waals surface area (Å²) in [5.74, 6) is 0.0574. The van der Waals surface area contributed by atoms with Crippen LogP contribution in [0.2, 0.25) is 0 Å². The van der Waals surface area contributed by atoms with Crippen molar-refractivity contribution in [3.63, 3.8) is 0 Å². The molecule has 2 unspecified atom stereocenters. The molecule has 0 bridgehead atoms. The van der Waals surface area contributed by atoms with Gasteiger partial charge in [0.25, 0.3) is 5.91 Å². The molecule has 2 saturated heterocycles. The molecule has 128 valence electrons. The van der Waals surface area contributed by atoms with Crippen LogP contribution in [0.1, 0.15) is 23.3 Å². The van der Waals surface area contributed by atoms with Crippen molar-refractivity contribution in [2.24, 2.45) is 7.05 Å². The van der Waals surface area contributed by atoms with Crippen molar-refractivity contribution in [1.29, 1.82) is 0 Å². The van der Waals surface area contributed by atoms with Crippen molar-refractivity contribution in [3.8, 4) is 0 Å². The van der Waals surface area contributed by atoms with Gasteiger partial charge in [0.05, 0.1) is 25.9 Å². The fourth-order valence-corrected chi connectivity index (χ4v) is 3.58. The standard InChI is InChI=1S/C17H27N3O3/c1-18(2)11-14-6-7-17(23-14)12-20(9-10-22-13-17)16(21)15-5-4-8-19(15)3/h4-5,8,14H,6-7,9-13H2,1-3H3. The molecular formula is C17H27N3O3. The first-order valence-corrected chi connectivity index (χ1v) is 8.30. The number of aryl methyl sites for hydroxylation is 1. The molecule has 6 heteroatoms. The van der Waals surface area contributed by atoms with E-state index in [0.717, 1.165) is 19.4 Å². The zero-order valence-electron chi connectivity index (χ0n) is 14.3. The van der Waals surface area contributed by atoms with E-state index in [2.05, 4.69) is 19.0 Å². The highest BCUT2D eigenvalue weighted by atomic mass is 16.6. The Kier molecular flexibility index (Phi) is 4.75. The topological polar surface area (TPSA) is 46.9 Å². The van der Waals surface area contributed by atoms with Crippen LogP contribution in [-0.2, 0) is 16.5 Å². The molecule has 1 aromatic rings. The van der Waals surface area contributed by atoms with Crippen LogP contribution in [0.25, 0.3) is 0 Å². The van der Waals surface area contributed by atoms with Crippen LogP contribution in [-0.4, -0.2) is 78.9 Å². The van der Waals surface area contributed by atoms with E-state index in [0.29, 0.717) is 32.0 Å². The van der Waals surface area contributed by atoms with Gasteiger partial charge < -0.3 is 23.8 Å². The number of rotatable bonds is 3. The zero-order valence-corrected chi connectivity index (χ0v) is 14.3. The van der Waals surface area contributed by atoms with Crippen molar-refractivity contribution in [3.05, 3.63) is 24.0 Å². The van der Waals surface area contributed by atoms with Gasteiger partial charge in [-0.25, -0.2) is 0 Å². The molecule has 1 amide bonds. The lowest BCUT2D eigenvalue weighted by molar-refractivity contribution is -0.0878. The monoisotopic (exact) mass is 321 g/mol. The van der Waals surface area contributed by atoms with Crippen LogP contribution in [0.15, 0.2) is 18.3 Å². The van der Waals surface area contributed by atoms with E-state index in [1.54, 1.807) is 0 Å². The molecule has 2 aliphatic rings. The molecule has 1 aromatic heterocycles.